The van der Waals surface area contributed by atoms with Crippen molar-refractivity contribution in [2.75, 3.05) is 6.54 Å². The highest BCUT2D eigenvalue weighted by Gasteiger charge is 2.20. The summed E-state index contributed by atoms with van der Waals surface area (Å²) in [7, 11) is 0. The van der Waals surface area contributed by atoms with Gasteiger partial charge < -0.3 is 9.84 Å². The Balaban J connectivity index is 2.15. The molecule has 0 aliphatic heterocycles. The summed E-state index contributed by atoms with van der Waals surface area (Å²) in [6.45, 7) is 6.41. The fraction of sp³-hybridized carbons (Fsp3) is 0.636. The molecule has 0 aliphatic rings. The molecule has 0 saturated carbocycles. The second-order valence-electron chi connectivity index (χ2n) is 4.64. The molecule has 1 N–H and O–H groups in total. The molecular formula is C11H18N2O2. The van der Waals surface area contributed by atoms with E-state index in [1.54, 1.807) is 12.5 Å². The van der Waals surface area contributed by atoms with Crippen LogP contribution >= 0.6 is 0 Å². The molecule has 1 aromatic rings. The van der Waals surface area contributed by atoms with Crippen molar-refractivity contribution < 1.29 is 9.32 Å². The molecule has 1 heterocycles. The van der Waals surface area contributed by atoms with E-state index in [-0.39, 0.29) is 11.3 Å². The van der Waals surface area contributed by atoms with Crippen molar-refractivity contribution in [1.82, 2.24) is 10.5 Å². The van der Waals surface area contributed by atoms with Crippen LogP contribution in [0.4, 0.5) is 0 Å². The van der Waals surface area contributed by atoms with Crippen molar-refractivity contribution in [2.45, 2.75) is 33.6 Å². The lowest BCUT2D eigenvalue weighted by molar-refractivity contribution is -0.128. The quantitative estimate of drug-likeness (QED) is 0.770. The summed E-state index contributed by atoms with van der Waals surface area (Å²) in [5.74, 6) is 0.0906. The summed E-state index contributed by atoms with van der Waals surface area (Å²) >= 11 is 0. The van der Waals surface area contributed by atoms with Gasteiger partial charge in [-0.25, -0.2) is 0 Å². The van der Waals surface area contributed by atoms with Gasteiger partial charge in [-0.1, -0.05) is 25.9 Å². The minimum Gasteiger partial charge on any atom is -0.364 e. The predicted molar refractivity (Wildman–Crippen MR) is 57.3 cm³/mol. The summed E-state index contributed by atoms with van der Waals surface area (Å²) < 4.78 is 4.71. The van der Waals surface area contributed by atoms with E-state index in [0.717, 1.165) is 18.4 Å². The average Bonchev–Trinajstić information content (AvgIpc) is 2.63. The molecule has 0 radical (unpaired) electrons. The van der Waals surface area contributed by atoms with Gasteiger partial charge in [0, 0.05) is 17.5 Å². The molecule has 84 valence electrons. The molecule has 0 atom stereocenters. The first-order valence-corrected chi connectivity index (χ1v) is 5.17. The number of rotatable bonds is 4. The highest BCUT2D eigenvalue weighted by Crippen LogP contribution is 2.12. The Labute approximate surface area is 90.0 Å². The molecule has 1 rings (SSSR count). The Morgan fingerprint density at radius 2 is 2.27 bits per heavy atom. The molecule has 4 nitrogen and oxygen atoms in total. The molecule has 0 saturated heterocycles. The zero-order valence-electron chi connectivity index (χ0n) is 9.54. The predicted octanol–water partition coefficient (Wildman–Crippen LogP) is 1.77. The van der Waals surface area contributed by atoms with E-state index >= 15 is 0 Å². The largest absolute Gasteiger partial charge is 0.364 e. The van der Waals surface area contributed by atoms with E-state index in [1.165, 1.54) is 0 Å². The van der Waals surface area contributed by atoms with Gasteiger partial charge in [0.25, 0.3) is 0 Å². The topological polar surface area (TPSA) is 55.1 Å². The van der Waals surface area contributed by atoms with Crippen molar-refractivity contribution in [3.8, 4) is 0 Å². The van der Waals surface area contributed by atoms with E-state index < -0.39 is 0 Å². The SMILES string of the molecule is CC(C)(C)C(=O)NCCCc1cnoc1. The van der Waals surface area contributed by atoms with E-state index in [1.807, 2.05) is 20.8 Å². The highest BCUT2D eigenvalue weighted by atomic mass is 16.5. The van der Waals surface area contributed by atoms with Gasteiger partial charge in [-0.15, -0.1) is 0 Å². The summed E-state index contributed by atoms with van der Waals surface area (Å²) in [6.07, 6.45) is 5.12. The molecule has 0 aromatic carbocycles. The van der Waals surface area contributed by atoms with Crippen LogP contribution < -0.4 is 5.32 Å². The third kappa shape index (κ3) is 4.14. The van der Waals surface area contributed by atoms with Gasteiger partial charge in [-0.2, -0.15) is 0 Å². The molecule has 0 aliphatic carbocycles. The lowest BCUT2D eigenvalue weighted by atomic mass is 9.96. The maximum absolute atomic E-state index is 11.5. The van der Waals surface area contributed by atoms with Gasteiger partial charge in [0.05, 0.1) is 6.20 Å². The summed E-state index contributed by atoms with van der Waals surface area (Å²) in [6, 6.07) is 0. The Bertz CT molecular complexity index is 299. The second kappa shape index (κ2) is 4.96. The third-order valence-corrected chi connectivity index (χ3v) is 2.09. The van der Waals surface area contributed by atoms with Gasteiger partial charge in [0.15, 0.2) is 0 Å². The van der Waals surface area contributed by atoms with Crippen LogP contribution in [0.3, 0.4) is 0 Å². The highest BCUT2D eigenvalue weighted by molar-refractivity contribution is 5.81. The van der Waals surface area contributed by atoms with Crippen molar-refractivity contribution >= 4 is 5.91 Å². The summed E-state index contributed by atoms with van der Waals surface area (Å²) in [5.41, 5.74) is 0.761. The van der Waals surface area contributed by atoms with Crippen molar-refractivity contribution in [2.24, 2.45) is 5.41 Å². The fourth-order valence-electron chi connectivity index (χ4n) is 1.11. The van der Waals surface area contributed by atoms with Crippen LogP contribution in [0.2, 0.25) is 0 Å². The zero-order chi connectivity index (χ0) is 11.3. The molecular weight excluding hydrogens is 192 g/mol. The molecule has 0 fully saturated rings. The van der Waals surface area contributed by atoms with Crippen molar-refractivity contribution in [3.05, 3.63) is 18.0 Å². The lowest BCUT2D eigenvalue weighted by Crippen LogP contribution is -2.35. The molecule has 1 amide bonds. The zero-order valence-corrected chi connectivity index (χ0v) is 9.54. The molecule has 0 spiro atoms. The maximum Gasteiger partial charge on any atom is 0.225 e. The maximum atomic E-state index is 11.5. The van der Waals surface area contributed by atoms with E-state index in [4.69, 9.17) is 4.52 Å². The third-order valence-electron chi connectivity index (χ3n) is 2.09. The first-order chi connectivity index (χ1) is 7.00. The number of amides is 1. The molecule has 0 bridgehead atoms. The van der Waals surface area contributed by atoms with E-state index in [9.17, 15) is 4.79 Å². The second-order valence-corrected chi connectivity index (χ2v) is 4.64. The van der Waals surface area contributed by atoms with Gasteiger partial charge >= 0.3 is 0 Å². The molecule has 0 unspecified atom stereocenters. The Morgan fingerprint density at radius 1 is 1.53 bits per heavy atom. The van der Waals surface area contributed by atoms with Crippen LogP contribution in [0.15, 0.2) is 17.0 Å². The van der Waals surface area contributed by atoms with E-state index in [2.05, 4.69) is 10.5 Å². The van der Waals surface area contributed by atoms with Crippen LogP contribution in [-0.4, -0.2) is 17.6 Å². The Kier molecular flexibility index (Phi) is 3.88. The number of hydrogen-bond donors (Lipinski definition) is 1. The number of carbonyl (C=O) groups excluding carboxylic acids is 1. The molecule has 15 heavy (non-hydrogen) atoms. The van der Waals surface area contributed by atoms with Gasteiger partial charge in [-0.3, -0.25) is 4.79 Å². The van der Waals surface area contributed by atoms with Gasteiger partial charge in [-0.05, 0) is 12.8 Å². The fourth-order valence-corrected chi connectivity index (χ4v) is 1.11. The van der Waals surface area contributed by atoms with Crippen LogP contribution in [0.1, 0.15) is 32.8 Å². The van der Waals surface area contributed by atoms with Crippen molar-refractivity contribution in [1.29, 1.82) is 0 Å². The standard InChI is InChI=1S/C11H18N2O2/c1-11(2,3)10(14)12-6-4-5-9-7-13-15-8-9/h7-8H,4-6H2,1-3H3,(H,12,14). The van der Waals surface area contributed by atoms with Crippen LogP contribution in [0.25, 0.3) is 0 Å². The number of nitrogens with zero attached hydrogens (tertiary/aromatic N) is 1. The number of aryl methyl sites for hydroxylation is 1. The number of hydrogen-bond acceptors (Lipinski definition) is 3. The molecule has 1 aromatic heterocycles. The summed E-state index contributed by atoms with van der Waals surface area (Å²) in [4.78, 5) is 11.5. The first-order valence-electron chi connectivity index (χ1n) is 5.17. The van der Waals surface area contributed by atoms with E-state index in [0.29, 0.717) is 6.54 Å². The smallest absolute Gasteiger partial charge is 0.225 e. The van der Waals surface area contributed by atoms with Crippen LogP contribution in [0.5, 0.6) is 0 Å². The Hall–Kier alpha value is -1.32. The number of carbonyl (C=O) groups is 1. The molecule has 4 heteroatoms. The van der Waals surface area contributed by atoms with Crippen molar-refractivity contribution in [3.63, 3.8) is 0 Å². The van der Waals surface area contributed by atoms with Crippen LogP contribution in [0, 0.1) is 5.41 Å². The first kappa shape index (κ1) is 11.8. The van der Waals surface area contributed by atoms with Gasteiger partial charge in [0.1, 0.15) is 6.26 Å². The lowest BCUT2D eigenvalue weighted by Gasteiger charge is -2.17. The average molecular weight is 210 g/mol. The summed E-state index contributed by atoms with van der Waals surface area (Å²) in [5, 5.41) is 6.51. The minimum atomic E-state index is -0.308. The Morgan fingerprint density at radius 3 is 2.80 bits per heavy atom. The normalized spacial score (nSPS) is 11.4. The number of nitrogens with one attached hydrogen (secondary N) is 1. The van der Waals surface area contributed by atoms with Crippen LogP contribution in [-0.2, 0) is 11.2 Å². The van der Waals surface area contributed by atoms with Gasteiger partial charge in [0.2, 0.25) is 5.91 Å². The number of aromatic nitrogens is 1. The minimum absolute atomic E-state index is 0.0906. The monoisotopic (exact) mass is 210 g/mol.